The van der Waals surface area contributed by atoms with Gasteiger partial charge in [0, 0.05) is 5.69 Å². The van der Waals surface area contributed by atoms with Crippen molar-refractivity contribution in [3.63, 3.8) is 0 Å². The molecule has 152 valence electrons. The number of aromatic hydroxyl groups is 1. The lowest BCUT2D eigenvalue weighted by Gasteiger charge is -2.13. The summed E-state index contributed by atoms with van der Waals surface area (Å²) in [6, 6.07) is 13.9. The van der Waals surface area contributed by atoms with Gasteiger partial charge in [0.05, 0.1) is 30.5 Å². The molecular formula is C19H19N3O5S2. The summed E-state index contributed by atoms with van der Waals surface area (Å²) in [5, 5.41) is 15.9. The van der Waals surface area contributed by atoms with Gasteiger partial charge in [0.2, 0.25) is 0 Å². The Hall–Kier alpha value is -3.24. The number of rotatable bonds is 7. The van der Waals surface area contributed by atoms with Gasteiger partial charge in [0.15, 0.2) is 5.11 Å². The quantitative estimate of drug-likeness (QED) is 0.332. The first kappa shape index (κ1) is 20.5. The minimum atomic E-state index is -3.88. The zero-order chi connectivity index (χ0) is 20.9. The maximum Gasteiger partial charge on any atom is 0.261 e. The largest absolute Gasteiger partial charge is 0.506 e. The molecule has 2 aromatic carbocycles. The van der Waals surface area contributed by atoms with E-state index in [0.717, 1.165) is 0 Å². The molecule has 1 aromatic heterocycles. The Morgan fingerprint density at radius 1 is 1.17 bits per heavy atom. The molecule has 0 aliphatic heterocycles. The van der Waals surface area contributed by atoms with E-state index in [0.29, 0.717) is 23.7 Å². The fourth-order valence-electron chi connectivity index (χ4n) is 2.40. The number of ether oxygens (including phenoxy) is 1. The summed E-state index contributed by atoms with van der Waals surface area (Å²) >= 11 is 5.18. The highest BCUT2D eigenvalue weighted by Crippen LogP contribution is 2.28. The van der Waals surface area contributed by atoms with Crippen LogP contribution in [0.15, 0.2) is 70.2 Å². The molecule has 0 unspecified atom stereocenters. The van der Waals surface area contributed by atoms with Crippen molar-refractivity contribution in [1.82, 2.24) is 5.32 Å². The molecule has 0 saturated heterocycles. The molecule has 4 N–H and O–H groups in total. The molecule has 0 aliphatic rings. The highest BCUT2D eigenvalue weighted by molar-refractivity contribution is 7.92. The summed E-state index contributed by atoms with van der Waals surface area (Å²) in [6.07, 6.45) is 1.55. The number of hydrogen-bond donors (Lipinski definition) is 4. The van der Waals surface area contributed by atoms with E-state index in [9.17, 15) is 13.5 Å². The van der Waals surface area contributed by atoms with Crippen molar-refractivity contribution in [1.29, 1.82) is 0 Å². The summed E-state index contributed by atoms with van der Waals surface area (Å²) in [7, 11) is -2.35. The van der Waals surface area contributed by atoms with Gasteiger partial charge in [-0.2, -0.15) is 0 Å². The molecule has 0 saturated carbocycles. The van der Waals surface area contributed by atoms with E-state index in [1.54, 1.807) is 42.7 Å². The van der Waals surface area contributed by atoms with Gasteiger partial charge in [-0.15, -0.1) is 0 Å². The monoisotopic (exact) mass is 433 g/mol. The molecular weight excluding hydrogens is 414 g/mol. The number of hydrogen-bond acceptors (Lipinski definition) is 6. The second kappa shape index (κ2) is 8.84. The maximum atomic E-state index is 12.7. The molecule has 0 radical (unpaired) electrons. The third-order valence-corrected chi connectivity index (χ3v) is 5.50. The van der Waals surface area contributed by atoms with E-state index in [2.05, 4.69) is 15.4 Å². The molecule has 3 aromatic rings. The van der Waals surface area contributed by atoms with Crippen LogP contribution in [0.4, 0.5) is 11.4 Å². The molecule has 0 aliphatic carbocycles. The number of benzene rings is 2. The predicted molar refractivity (Wildman–Crippen MR) is 114 cm³/mol. The van der Waals surface area contributed by atoms with Crippen molar-refractivity contribution >= 4 is 38.7 Å². The smallest absolute Gasteiger partial charge is 0.261 e. The number of phenols is 1. The first-order valence-electron chi connectivity index (χ1n) is 8.44. The Labute approximate surface area is 173 Å². The lowest BCUT2D eigenvalue weighted by molar-refractivity contribution is 0.415. The maximum absolute atomic E-state index is 12.7. The fourth-order valence-corrected chi connectivity index (χ4v) is 3.67. The van der Waals surface area contributed by atoms with Crippen molar-refractivity contribution in [2.45, 2.75) is 11.4 Å². The summed E-state index contributed by atoms with van der Waals surface area (Å²) < 4.78 is 38.1. The standard InChI is InChI=1S/C19H19N3O5S2/c1-26-14-6-4-13(5-7-14)22-29(24,25)16-8-9-18(23)17(11-16)21-19(28)20-12-15-3-2-10-27-15/h2-11,22-23H,12H2,1H3,(H2,20,21,28). The molecule has 29 heavy (non-hydrogen) atoms. The minimum Gasteiger partial charge on any atom is -0.506 e. The van der Waals surface area contributed by atoms with Gasteiger partial charge >= 0.3 is 0 Å². The second-order valence-corrected chi connectivity index (χ2v) is 7.99. The Bertz CT molecular complexity index is 1080. The number of furan rings is 1. The van der Waals surface area contributed by atoms with Crippen LogP contribution in [0.5, 0.6) is 11.5 Å². The third-order valence-electron chi connectivity index (χ3n) is 3.87. The van der Waals surface area contributed by atoms with Gasteiger partial charge in [0.1, 0.15) is 17.3 Å². The van der Waals surface area contributed by atoms with Crippen LogP contribution in [0.25, 0.3) is 0 Å². The molecule has 0 spiro atoms. The van der Waals surface area contributed by atoms with Crippen LogP contribution in [0.2, 0.25) is 0 Å². The Morgan fingerprint density at radius 2 is 1.93 bits per heavy atom. The lowest BCUT2D eigenvalue weighted by atomic mass is 10.3. The number of anilines is 2. The number of phenolic OH excluding ortho intramolecular Hbond substituents is 1. The van der Waals surface area contributed by atoms with E-state index in [-0.39, 0.29) is 21.4 Å². The van der Waals surface area contributed by atoms with Gasteiger partial charge in [-0.25, -0.2) is 8.42 Å². The normalized spacial score (nSPS) is 10.9. The summed E-state index contributed by atoms with van der Waals surface area (Å²) in [5.41, 5.74) is 0.531. The average Bonchev–Trinajstić information content (AvgIpc) is 3.22. The molecule has 0 amide bonds. The van der Waals surface area contributed by atoms with E-state index < -0.39 is 10.0 Å². The molecule has 3 rings (SSSR count). The summed E-state index contributed by atoms with van der Waals surface area (Å²) in [6.45, 7) is 0.344. The highest BCUT2D eigenvalue weighted by atomic mass is 32.2. The topological polar surface area (TPSA) is 113 Å². The molecule has 8 nitrogen and oxygen atoms in total. The molecule has 0 atom stereocenters. The van der Waals surface area contributed by atoms with E-state index >= 15 is 0 Å². The van der Waals surface area contributed by atoms with Gasteiger partial charge in [-0.05, 0) is 66.8 Å². The summed E-state index contributed by atoms with van der Waals surface area (Å²) in [5.74, 6) is 1.15. The van der Waals surface area contributed by atoms with Crippen LogP contribution in [0, 0.1) is 0 Å². The Balaban J connectivity index is 1.71. The van der Waals surface area contributed by atoms with Crippen LogP contribution in [0.1, 0.15) is 5.76 Å². The van der Waals surface area contributed by atoms with Gasteiger partial charge < -0.3 is 24.9 Å². The van der Waals surface area contributed by atoms with E-state index in [1.807, 2.05) is 0 Å². The number of thiocarbonyl (C=S) groups is 1. The average molecular weight is 434 g/mol. The molecule has 0 fully saturated rings. The summed E-state index contributed by atoms with van der Waals surface area (Å²) in [4.78, 5) is -0.0394. The molecule has 10 heteroatoms. The van der Waals surface area contributed by atoms with Crippen LogP contribution in [-0.2, 0) is 16.6 Å². The van der Waals surface area contributed by atoms with Gasteiger partial charge in [-0.1, -0.05) is 0 Å². The van der Waals surface area contributed by atoms with Gasteiger partial charge in [0.25, 0.3) is 10.0 Å². The van der Waals surface area contributed by atoms with Crippen LogP contribution >= 0.6 is 12.2 Å². The SMILES string of the molecule is COc1ccc(NS(=O)(=O)c2ccc(O)c(NC(=S)NCc3ccco3)c2)cc1. The lowest BCUT2D eigenvalue weighted by Crippen LogP contribution is -2.27. The van der Waals surface area contributed by atoms with Crippen LogP contribution in [-0.4, -0.2) is 25.7 Å². The van der Waals surface area contributed by atoms with E-state index in [4.69, 9.17) is 21.4 Å². The predicted octanol–water partition coefficient (Wildman–Crippen LogP) is 3.28. The van der Waals surface area contributed by atoms with Crippen LogP contribution < -0.4 is 20.1 Å². The van der Waals surface area contributed by atoms with Crippen molar-refractivity contribution in [3.05, 3.63) is 66.6 Å². The minimum absolute atomic E-state index is 0.0394. The Morgan fingerprint density at radius 3 is 2.59 bits per heavy atom. The zero-order valence-electron chi connectivity index (χ0n) is 15.4. The third kappa shape index (κ3) is 5.39. The Kier molecular flexibility index (Phi) is 6.25. The number of nitrogens with one attached hydrogen (secondary N) is 3. The van der Waals surface area contributed by atoms with Crippen LogP contribution in [0.3, 0.4) is 0 Å². The number of methoxy groups -OCH3 is 1. The zero-order valence-corrected chi connectivity index (χ0v) is 17.0. The number of sulfonamides is 1. The van der Waals surface area contributed by atoms with Gasteiger partial charge in [-0.3, -0.25) is 4.72 Å². The fraction of sp³-hybridized carbons (Fsp3) is 0.105. The van der Waals surface area contributed by atoms with E-state index in [1.165, 1.54) is 25.3 Å². The second-order valence-electron chi connectivity index (χ2n) is 5.90. The highest BCUT2D eigenvalue weighted by Gasteiger charge is 2.17. The molecule has 1 heterocycles. The first-order chi connectivity index (χ1) is 13.9. The van der Waals surface area contributed by atoms with Crippen molar-refractivity contribution < 1.29 is 22.7 Å². The molecule has 0 bridgehead atoms. The van der Waals surface area contributed by atoms with Crippen molar-refractivity contribution in [2.75, 3.05) is 17.1 Å². The first-order valence-corrected chi connectivity index (χ1v) is 10.3. The van der Waals surface area contributed by atoms with Crippen molar-refractivity contribution in [2.24, 2.45) is 0 Å². The van der Waals surface area contributed by atoms with Crippen molar-refractivity contribution in [3.8, 4) is 11.5 Å².